The minimum Gasteiger partial charge on any atom is -0.468 e. The van der Waals surface area contributed by atoms with E-state index in [9.17, 15) is 9.59 Å². The van der Waals surface area contributed by atoms with Crippen molar-refractivity contribution in [2.24, 2.45) is 5.92 Å². The minimum absolute atomic E-state index is 0.345. The Morgan fingerprint density at radius 2 is 1.50 bits per heavy atom. The Morgan fingerprint density at radius 3 is 1.89 bits per heavy atom. The second-order valence-electron chi connectivity index (χ2n) is 3.86. The Hall–Kier alpha value is -1.55. The van der Waals surface area contributed by atoms with Crippen LogP contribution in [0.15, 0.2) is 24.3 Å². The molecule has 0 saturated carbocycles. The summed E-state index contributed by atoms with van der Waals surface area (Å²) in [6.07, 6.45) is 0. The lowest BCUT2D eigenvalue weighted by molar-refractivity contribution is -0.159. The first-order chi connectivity index (χ1) is 8.51. The molecule has 0 aliphatic carbocycles. The fourth-order valence-corrected chi connectivity index (χ4v) is 1.84. The number of carbonyl (C=O) groups excluding carboxylic acids is 2. The van der Waals surface area contributed by atoms with Gasteiger partial charge in [0.15, 0.2) is 5.92 Å². The zero-order chi connectivity index (χ0) is 13.7. The molecule has 0 spiro atoms. The maximum absolute atomic E-state index is 11.6. The molecule has 0 saturated heterocycles. The maximum atomic E-state index is 11.6. The van der Waals surface area contributed by atoms with Crippen molar-refractivity contribution in [1.82, 2.24) is 0 Å². The van der Waals surface area contributed by atoms with E-state index in [1.165, 1.54) is 14.2 Å². The molecule has 1 aromatic rings. The van der Waals surface area contributed by atoms with Gasteiger partial charge in [0.25, 0.3) is 0 Å². The SMILES string of the molecule is COC(=O)C(C(=O)OC)C(C)c1ccc(Cl)cc1. The molecule has 0 aliphatic heterocycles. The number of methoxy groups -OCH3 is 2. The first-order valence-corrected chi connectivity index (χ1v) is 5.80. The number of ether oxygens (including phenoxy) is 2. The van der Waals surface area contributed by atoms with Gasteiger partial charge in [0.1, 0.15) is 0 Å². The van der Waals surface area contributed by atoms with Crippen molar-refractivity contribution in [2.45, 2.75) is 12.8 Å². The summed E-state index contributed by atoms with van der Waals surface area (Å²) in [4.78, 5) is 23.3. The highest BCUT2D eigenvalue weighted by molar-refractivity contribution is 6.30. The summed E-state index contributed by atoms with van der Waals surface area (Å²) in [6, 6.07) is 6.95. The monoisotopic (exact) mass is 270 g/mol. The molecule has 0 N–H and O–H groups in total. The van der Waals surface area contributed by atoms with Gasteiger partial charge in [0.05, 0.1) is 14.2 Å². The van der Waals surface area contributed by atoms with Crippen LogP contribution in [-0.4, -0.2) is 26.2 Å². The van der Waals surface area contributed by atoms with E-state index in [0.717, 1.165) is 5.56 Å². The molecule has 0 aromatic heterocycles. The van der Waals surface area contributed by atoms with Crippen molar-refractivity contribution in [3.05, 3.63) is 34.9 Å². The largest absolute Gasteiger partial charge is 0.468 e. The maximum Gasteiger partial charge on any atom is 0.320 e. The molecule has 18 heavy (non-hydrogen) atoms. The summed E-state index contributed by atoms with van der Waals surface area (Å²) in [7, 11) is 2.49. The van der Waals surface area contributed by atoms with Crippen molar-refractivity contribution in [2.75, 3.05) is 14.2 Å². The van der Waals surface area contributed by atoms with E-state index in [2.05, 4.69) is 9.47 Å². The molecule has 5 heteroatoms. The quantitative estimate of drug-likeness (QED) is 0.623. The molecule has 0 amide bonds. The Kier molecular flexibility index (Phi) is 5.16. The second kappa shape index (κ2) is 6.40. The number of carbonyl (C=O) groups is 2. The first-order valence-electron chi connectivity index (χ1n) is 5.42. The van der Waals surface area contributed by atoms with Gasteiger partial charge in [0.2, 0.25) is 0 Å². The summed E-state index contributed by atoms with van der Waals surface area (Å²) >= 11 is 5.79. The van der Waals surface area contributed by atoms with Gasteiger partial charge in [-0.25, -0.2) is 0 Å². The number of esters is 2. The third-order valence-electron chi connectivity index (χ3n) is 2.81. The average molecular weight is 271 g/mol. The average Bonchev–Trinajstić information content (AvgIpc) is 2.39. The van der Waals surface area contributed by atoms with E-state index in [1.807, 2.05) is 0 Å². The standard InChI is InChI=1S/C13H15ClO4/c1-8(9-4-6-10(14)7-5-9)11(12(15)17-2)13(16)18-3/h4-8,11H,1-3H3. The van der Waals surface area contributed by atoms with Gasteiger partial charge in [-0.1, -0.05) is 30.7 Å². The lowest BCUT2D eigenvalue weighted by Gasteiger charge is -2.19. The lowest BCUT2D eigenvalue weighted by Crippen LogP contribution is -2.31. The van der Waals surface area contributed by atoms with Gasteiger partial charge in [-0.15, -0.1) is 0 Å². The van der Waals surface area contributed by atoms with Crippen LogP contribution in [0, 0.1) is 5.92 Å². The van der Waals surface area contributed by atoms with E-state index in [1.54, 1.807) is 31.2 Å². The van der Waals surface area contributed by atoms with Crippen LogP contribution in [-0.2, 0) is 19.1 Å². The van der Waals surface area contributed by atoms with Gasteiger partial charge in [0, 0.05) is 10.9 Å². The van der Waals surface area contributed by atoms with E-state index in [-0.39, 0.29) is 5.92 Å². The molecule has 1 unspecified atom stereocenters. The third kappa shape index (κ3) is 3.23. The van der Waals surface area contributed by atoms with E-state index in [4.69, 9.17) is 11.6 Å². The zero-order valence-corrected chi connectivity index (χ0v) is 11.2. The first kappa shape index (κ1) is 14.5. The van der Waals surface area contributed by atoms with Gasteiger partial charge in [-0.3, -0.25) is 9.59 Å². The highest BCUT2D eigenvalue weighted by Crippen LogP contribution is 2.27. The van der Waals surface area contributed by atoms with Crippen molar-refractivity contribution in [3.8, 4) is 0 Å². The molecular weight excluding hydrogens is 256 g/mol. The van der Waals surface area contributed by atoms with E-state index >= 15 is 0 Å². The zero-order valence-electron chi connectivity index (χ0n) is 10.5. The Morgan fingerprint density at radius 1 is 1.06 bits per heavy atom. The van der Waals surface area contributed by atoms with Crippen LogP contribution >= 0.6 is 11.6 Å². The molecule has 4 nitrogen and oxygen atoms in total. The molecule has 1 atom stereocenters. The normalized spacial score (nSPS) is 12.1. The molecule has 98 valence electrons. The van der Waals surface area contributed by atoms with Crippen LogP contribution in [0.25, 0.3) is 0 Å². The smallest absolute Gasteiger partial charge is 0.320 e. The fourth-order valence-electron chi connectivity index (χ4n) is 1.72. The van der Waals surface area contributed by atoms with Crippen molar-refractivity contribution in [1.29, 1.82) is 0 Å². The highest BCUT2D eigenvalue weighted by Gasteiger charge is 2.35. The third-order valence-corrected chi connectivity index (χ3v) is 3.06. The van der Waals surface area contributed by atoms with Crippen molar-refractivity contribution in [3.63, 3.8) is 0 Å². The predicted octanol–water partition coefficient (Wildman–Crippen LogP) is 2.41. The van der Waals surface area contributed by atoms with Crippen LogP contribution in [0.3, 0.4) is 0 Å². The topological polar surface area (TPSA) is 52.6 Å². The molecule has 0 radical (unpaired) electrons. The van der Waals surface area contributed by atoms with Crippen molar-refractivity contribution < 1.29 is 19.1 Å². The molecular formula is C13H15ClO4. The van der Waals surface area contributed by atoms with Gasteiger partial charge in [-0.05, 0) is 17.7 Å². The van der Waals surface area contributed by atoms with Gasteiger partial charge < -0.3 is 9.47 Å². The Bertz CT molecular complexity index is 411. The van der Waals surface area contributed by atoms with Gasteiger partial charge in [-0.2, -0.15) is 0 Å². The molecule has 0 aliphatic rings. The summed E-state index contributed by atoms with van der Waals surface area (Å²) in [5, 5.41) is 0.596. The number of benzene rings is 1. The molecule has 0 heterocycles. The lowest BCUT2D eigenvalue weighted by atomic mass is 9.87. The van der Waals surface area contributed by atoms with E-state index in [0.29, 0.717) is 5.02 Å². The Labute approximate surface area is 111 Å². The van der Waals surface area contributed by atoms with Crippen LogP contribution in [0.2, 0.25) is 5.02 Å². The van der Waals surface area contributed by atoms with Crippen molar-refractivity contribution >= 4 is 23.5 Å². The Balaban J connectivity index is 3.02. The number of hydrogen-bond acceptors (Lipinski definition) is 4. The van der Waals surface area contributed by atoms with Crippen LogP contribution < -0.4 is 0 Å². The van der Waals surface area contributed by atoms with Crippen LogP contribution in [0.4, 0.5) is 0 Å². The molecule has 1 aromatic carbocycles. The highest BCUT2D eigenvalue weighted by atomic mass is 35.5. The van der Waals surface area contributed by atoms with E-state index < -0.39 is 17.9 Å². The number of hydrogen-bond donors (Lipinski definition) is 0. The number of halogens is 1. The fraction of sp³-hybridized carbons (Fsp3) is 0.385. The summed E-state index contributed by atoms with van der Waals surface area (Å²) in [5.74, 6) is -2.53. The molecule has 1 rings (SSSR count). The summed E-state index contributed by atoms with van der Waals surface area (Å²) in [6.45, 7) is 1.77. The predicted molar refractivity (Wildman–Crippen MR) is 67.4 cm³/mol. The molecule has 0 bridgehead atoms. The van der Waals surface area contributed by atoms with Crippen LogP contribution in [0.1, 0.15) is 18.4 Å². The van der Waals surface area contributed by atoms with Gasteiger partial charge >= 0.3 is 11.9 Å². The number of rotatable bonds is 4. The molecule has 0 fully saturated rings. The summed E-state index contributed by atoms with van der Waals surface area (Å²) in [5.41, 5.74) is 0.820. The summed E-state index contributed by atoms with van der Waals surface area (Å²) < 4.78 is 9.27. The minimum atomic E-state index is -0.971. The second-order valence-corrected chi connectivity index (χ2v) is 4.30. The van der Waals surface area contributed by atoms with Crippen LogP contribution in [0.5, 0.6) is 0 Å².